The number of hydrogen-bond donors (Lipinski definition) is 0. The number of rotatable bonds is 2. The highest BCUT2D eigenvalue weighted by molar-refractivity contribution is 6.62. The summed E-state index contributed by atoms with van der Waals surface area (Å²) in [6, 6.07) is 2.23. The summed E-state index contributed by atoms with van der Waals surface area (Å²) in [4.78, 5) is 4.57. The molecule has 1 saturated carbocycles. The summed E-state index contributed by atoms with van der Waals surface area (Å²) in [7, 11) is -0.311. The zero-order valence-corrected chi connectivity index (χ0v) is 13.4. The summed E-state index contributed by atoms with van der Waals surface area (Å²) in [6.07, 6.45) is 4.40. The Bertz CT molecular complexity index is 533. The first kappa shape index (κ1) is 14.1. The summed E-state index contributed by atoms with van der Waals surface area (Å²) < 4.78 is 12.2. The van der Waals surface area contributed by atoms with Crippen LogP contribution < -0.4 is 5.46 Å². The number of aryl methyl sites for hydroxylation is 1. The van der Waals surface area contributed by atoms with Gasteiger partial charge in [-0.3, -0.25) is 4.98 Å². The maximum Gasteiger partial charge on any atom is 0.496 e. The maximum atomic E-state index is 6.12. The van der Waals surface area contributed by atoms with Gasteiger partial charge < -0.3 is 9.31 Å². The molecule has 0 aromatic carbocycles. The number of aromatic nitrogens is 1. The smallest absolute Gasteiger partial charge is 0.399 e. The van der Waals surface area contributed by atoms with E-state index in [1.54, 1.807) is 0 Å². The SMILES string of the molecule is Cc1ncc(B2OC(C)(C)C(C)(C)O2)cc1C1(C)CC1. The Morgan fingerprint density at radius 3 is 2.10 bits per heavy atom. The molecule has 3 rings (SSSR count). The van der Waals surface area contributed by atoms with Crippen molar-refractivity contribution >= 4 is 12.6 Å². The minimum absolute atomic E-state index is 0.299. The van der Waals surface area contributed by atoms with Gasteiger partial charge in [0.05, 0.1) is 11.2 Å². The fraction of sp³-hybridized carbons (Fsp3) is 0.688. The molecule has 1 aliphatic heterocycles. The maximum absolute atomic E-state index is 6.12. The van der Waals surface area contributed by atoms with Crippen LogP contribution in [0.1, 0.15) is 58.7 Å². The second-order valence-electron chi connectivity index (χ2n) is 7.55. The van der Waals surface area contributed by atoms with Gasteiger partial charge in [-0.25, -0.2) is 0 Å². The van der Waals surface area contributed by atoms with E-state index in [-0.39, 0.29) is 18.3 Å². The van der Waals surface area contributed by atoms with Crippen LogP contribution in [-0.4, -0.2) is 23.3 Å². The normalized spacial score (nSPS) is 25.8. The Labute approximate surface area is 122 Å². The fourth-order valence-electron chi connectivity index (χ4n) is 2.73. The molecule has 0 unspecified atom stereocenters. The van der Waals surface area contributed by atoms with Gasteiger partial charge in [-0.2, -0.15) is 0 Å². The van der Waals surface area contributed by atoms with E-state index in [4.69, 9.17) is 9.31 Å². The van der Waals surface area contributed by atoms with Crippen molar-refractivity contribution in [1.29, 1.82) is 0 Å². The average Bonchev–Trinajstić information content (AvgIpc) is 3.02. The Balaban J connectivity index is 1.93. The molecule has 0 amide bonds. The van der Waals surface area contributed by atoms with Gasteiger partial charge in [0.25, 0.3) is 0 Å². The molecule has 1 aromatic rings. The minimum atomic E-state index is -0.311. The van der Waals surface area contributed by atoms with E-state index in [0.717, 1.165) is 11.2 Å². The second-order valence-corrected chi connectivity index (χ2v) is 7.55. The summed E-state index contributed by atoms with van der Waals surface area (Å²) >= 11 is 0. The molecule has 1 aromatic heterocycles. The Morgan fingerprint density at radius 1 is 1.05 bits per heavy atom. The average molecular weight is 273 g/mol. The monoisotopic (exact) mass is 273 g/mol. The van der Waals surface area contributed by atoms with Crippen LogP contribution in [0, 0.1) is 6.92 Å². The third-order valence-corrected chi connectivity index (χ3v) is 5.28. The van der Waals surface area contributed by atoms with Crippen molar-refractivity contribution in [3.63, 3.8) is 0 Å². The van der Waals surface area contributed by atoms with Crippen molar-refractivity contribution < 1.29 is 9.31 Å². The van der Waals surface area contributed by atoms with Crippen LogP contribution >= 0.6 is 0 Å². The van der Waals surface area contributed by atoms with E-state index >= 15 is 0 Å². The molecule has 4 heteroatoms. The lowest BCUT2D eigenvalue weighted by Gasteiger charge is -2.32. The third kappa shape index (κ3) is 2.10. The van der Waals surface area contributed by atoms with Gasteiger partial charge in [-0.1, -0.05) is 13.0 Å². The van der Waals surface area contributed by atoms with Crippen LogP contribution in [0.5, 0.6) is 0 Å². The summed E-state index contributed by atoms with van der Waals surface area (Å²) in [5, 5.41) is 0. The van der Waals surface area contributed by atoms with Crippen molar-refractivity contribution in [3.05, 3.63) is 23.5 Å². The van der Waals surface area contributed by atoms with Crippen molar-refractivity contribution in [1.82, 2.24) is 4.98 Å². The lowest BCUT2D eigenvalue weighted by atomic mass is 9.78. The van der Waals surface area contributed by atoms with E-state index in [1.807, 2.05) is 6.20 Å². The van der Waals surface area contributed by atoms with Gasteiger partial charge in [0.15, 0.2) is 0 Å². The van der Waals surface area contributed by atoms with Gasteiger partial charge >= 0.3 is 7.12 Å². The quantitative estimate of drug-likeness (QED) is 0.776. The van der Waals surface area contributed by atoms with E-state index in [0.29, 0.717) is 5.41 Å². The number of pyridine rings is 1. The van der Waals surface area contributed by atoms with Crippen molar-refractivity contribution in [2.75, 3.05) is 0 Å². The predicted octanol–water partition coefficient (Wildman–Crippen LogP) is 2.74. The molecule has 2 heterocycles. The predicted molar refractivity (Wildman–Crippen MR) is 81.3 cm³/mol. The largest absolute Gasteiger partial charge is 0.496 e. The topological polar surface area (TPSA) is 31.4 Å². The first-order chi connectivity index (χ1) is 9.15. The Kier molecular flexibility index (Phi) is 2.87. The summed E-state index contributed by atoms with van der Waals surface area (Å²) in [6.45, 7) is 12.7. The molecule has 20 heavy (non-hydrogen) atoms. The van der Waals surface area contributed by atoms with Crippen molar-refractivity contribution in [2.24, 2.45) is 0 Å². The van der Waals surface area contributed by atoms with E-state index in [2.05, 4.69) is 52.6 Å². The van der Waals surface area contributed by atoms with Crippen LogP contribution in [0.15, 0.2) is 12.3 Å². The Morgan fingerprint density at radius 2 is 1.60 bits per heavy atom. The molecule has 0 atom stereocenters. The first-order valence-corrected chi connectivity index (χ1v) is 7.47. The van der Waals surface area contributed by atoms with E-state index < -0.39 is 0 Å². The molecular weight excluding hydrogens is 249 g/mol. The molecule has 0 bridgehead atoms. The van der Waals surface area contributed by atoms with Crippen LogP contribution in [0.4, 0.5) is 0 Å². The van der Waals surface area contributed by atoms with Gasteiger partial charge in [-0.05, 0) is 58.4 Å². The standard InChI is InChI=1S/C16H24BNO2/c1-11-13(16(6)7-8-16)9-12(10-18-11)17-19-14(2,3)15(4,5)20-17/h9-10H,7-8H2,1-6H3. The van der Waals surface area contributed by atoms with Crippen molar-refractivity contribution in [3.8, 4) is 0 Å². The first-order valence-electron chi connectivity index (χ1n) is 7.47. The molecule has 2 fully saturated rings. The second kappa shape index (κ2) is 4.08. The zero-order chi connectivity index (χ0) is 14.8. The molecule has 0 spiro atoms. The molecule has 1 aliphatic carbocycles. The molecular formula is C16H24BNO2. The van der Waals surface area contributed by atoms with Crippen LogP contribution in [0.3, 0.4) is 0 Å². The zero-order valence-electron chi connectivity index (χ0n) is 13.4. The van der Waals surface area contributed by atoms with Gasteiger partial charge in [0, 0.05) is 17.4 Å². The molecule has 2 aliphatic rings. The summed E-state index contributed by atoms with van der Waals surface area (Å²) in [5.74, 6) is 0. The molecule has 1 saturated heterocycles. The van der Waals surface area contributed by atoms with Crippen molar-refractivity contribution in [2.45, 2.75) is 71.0 Å². The number of nitrogens with zero attached hydrogens (tertiary/aromatic N) is 1. The highest BCUT2D eigenvalue weighted by Gasteiger charge is 2.52. The van der Waals surface area contributed by atoms with Crippen LogP contribution in [0.25, 0.3) is 0 Å². The highest BCUT2D eigenvalue weighted by atomic mass is 16.7. The van der Waals surface area contributed by atoms with E-state index in [1.165, 1.54) is 18.4 Å². The fourth-order valence-corrected chi connectivity index (χ4v) is 2.73. The van der Waals surface area contributed by atoms with Crippen LogP contribution in [-0.2, 0) is 14.7 Å². The third-order valence-electron chi connectivity index (χ3n) is 5.28. The molecule has 0 radical (unpaired) electrons. The lowest BCUT2D eigenvalue weighted by Crippen LogP contribution is -2.41. The molecule has 0 N–H and O–H groups in total. The molecule has 108 valence electrons. The van der Waals surface area contributed by atoms with Gasteiger partial charge in [0.1, 0.15) is 0 Å². The van der Waals surface area contributed by atoms with E-state index in [9.17, 15) is 0 Å². The molecule has 3 nitrogen and oxygen atoms in total. The highest BCUT2D eigenvalue weighted by Crippen LogP contribution is 2.48. The Hall–Kier alpha value is -0.865. The lowest BCUT2D eigenvalue weighted by molar-refractivity contribution is 0.00578. The summed E-state index contributed by atoms with van der Waals surface area (Å²) in [5.41, 5.74) is 3.24. The van der Waals surface area contributed by atoms with Gasteiger partial charge in [-0.15, -0.1) is 0 Å². The van der Waals surface area contributed by atoms with Gasteiger partial charge in [0.2, 0.25) is 0 Å². The number of hydrogen-bond acceptors (Lipinski definition) is 3. The van der Waals surface area contributed by atoms with Crippen LogP contribution in [0.2, 0.25) is 0 Å². The minimum Gasteiger partial charge on any atom is -0.399 e.